The maximum Gasteiger partial charge on any atom is 0.394 e. The zero-order valence-corrected chi connectivity index (χ0v) is 8.82. The molecule has 0 aliphatic carbocycles. The number of hydrogen-bond donors (Lipinski definition) is 2. The molecule has 0 aromatic rings. The molecule has 5 heteroatoms. The number of rotatable bonds is 1. The van der Waals surface area contributed by atoms with Crippen molar-refractivity contribution in [1.82, 2.24) is 10.6 Å². The van der Waals surface area contributed by atoms with Gasteiger partial charge in [0.2, 0.25) is 0 Å². The lowest BCUT2D eigenvalue weighted by molar-refractivity contribution is -0.128. The number of nitrogens with one attached hydrogen (secondary N) is 2. The molecule has 1 aliphatic rings. The minimum absolute atomic E-state index is 0.233. The van der Waals surface area contributed by atoms with Crippen molar-refractivity contribution >= 4 is 0 Å². The van der Waals surface area contributed by atoms with Gasteiger partial charge in [-0.3, -0.25) is 0 Å². The average molecular weight is 222 g/mol. The molecule has 1 unspecified atom stereocenters. The summed E-state index contributed by atoms with van der Waals surface area (Å²) in [6.07, 6.45) is -0.610. The fraction of sp³-hybridized carbons (Fsp3) is 0.800. The number of allylic oxidation sites excluding steroid dienone is 1. The fourth-order valence-electron chi connectivity index (χ4n) is 1.53. The van der Waals surface area contributed by atoms with Gasteiger partial charge >= 0.3 is 6.18 Å². The molecule has 0 saturated heterocycles. The Morgan fingerprint density at radius 1 is 1.40 bits per heavy atom. The standard InChI is InChI=1S/C10H17F3N2/c1-8-4-2-3-5-14-9(7-15-8)6-10(11,12)13/h7-8,14-15H,2-6H2,1H3/b9-7-. The van der Waals surface area contributed by atoms with Gasteiger partial charge in [0.1, 0.15) is 0 Å². The Hall–Kier alpha value is -0.870. The molecule has 0 radical (unpaired) electrons. The summed E-state index contributed by atoms with van der Waals surface area (Å²) >= 11 is 0. The Balaban J connectivity index is 2.54. The topological polar surface area (TPSA) is 24.1 Å². The molecule has 2 N–H and O–H groups in total. The van der Waals surface area contributed by atoms with E-state index in [0.717, 1.165) is 19.3 Å². The lowest BCUT2D eigenvalue weighted by Crippen LogP contribution is -2.24. The first kappa shape index (κ1) is 12.2. The molecular formula is C10H17F3N2. The average Bonchev–Trinajstić information content (AvgIpc) is 2.18. The van der Waals surface area contributed by atoms with Crippen LogP contribution in [0.15, 0.2) is 11.9 Å². The van der Waals surface area contributed by atoms with Gasteiger partial charge < -0.3 is 10.6 Å². The van der Waals surface area contributed by atoms with Gasteiger partial charge in [-0.15, -0.1) is 0 Å². The Morgan fingerprint density at radius 3 is 2.80 bits per heavy atom. The molecule has 1 atom stereocenters. The van der Waals surface area contributed by atoms with Crippen LogP contribution in [0.1, 0.15) is 32.6 Å². The maximum atomic E-state index is 12.2. The summed E-state index contributed by atoms with van der Waals surface area (Å²) in [4.78, 5) is 0. The summed E-state index contributed by atoms with van der Waals surface area (Å²) in [5, 5.41) is 5.79. The predicted molar refractivity (Wildman–Crippen MR) is 53.2 cm³/mol. The zero-order valence-electron chi connectivity index (χ0n) is 8.82. The quantitative estimate of drug-likeness (QED) is 0.712. The van der Waals surface area contributed by atoms with E-state index in [9.17, 15) is 13.2 Å². The van der Waals surface area contributed by atoms with Gasteiger partial charge in [0, 0.05) is 24.5 Å². The minimum Gasteiger partial charge on any atom is -0.387 e. The van der Waals surface area contributed by atoms with E-state index in [1.807, 2.05) is 6.92 Å². The normalized spacial score (nSPS) is 27.5. The van der Waals surface area contributed by atoms with Crippen LogP contribution in [0.4, 0.5) is 13.2 Å². The lowest BCUT2D eigenvalue weighted by Gasteiger charge is -2.13. The van der Waals surface area contributed by atoms with Crippen LogP contribution in [-0.4, -0.2) is 18.8 Å². The Bertz CT molecular complexity index is 223. The molecule has 1 heterocycles. The van der Waals surface area contributed by atoms with Crippen LogP contribution in [0.3, 0.4) is 0 Å². The highest BCUT2D eigenvalue weighted by molar-refractivity contribution is 5.01. The molecule has 1 rings (SSSR count). The van der Waals surface area contributed by atoms with Crippen LogP contribution in [0.2, 0.25) is 0 Å². The van der Waals surface area contributed by atoms with Crippen LogP contribution in [0, 0.1) is 0 Å². The summed E-state index contributed by atoms with van der Waals surface area (Å²) in [7, 11) is 0. The lowest BCUT2D eigenvalue weighted by atomic mass is 10.1. The highest BCUT2D eigenvalue weighted by Crippen LogP contribution is 2.23. The van der Waals surface area contributed by atoms with Gasteiger partial charge in [-0.05, 0) is 26.2 Å². The second kappa shape index (κ2) is 5.28. The summed E-state index contributed by atoms with van der Waals surface area (Å²) in [6.45, 7) is 2.60. The second-order valence-electron chi connectivity index (χ2n) is 3.95. The Morgan fingerprint density at radius 2 is 2.13 bits per heavy atom. The summed E-state index contributed by atoms with van der Waals surface area (Å²) in [6, 6.07) is 0.244. The van der Waals surface area contributed by atoms with Gasteiger partial charge in [-0.1, -0.05) is 0 Å². The highest BCUT2D eigenvalue weighted by Gasteiger charge is 2.29. The first-order valence-electron chi connectivity index (χ1n) is 5.23. The predicted octanol–water partition coefficient (Wildman–Crippen LogP) is 2.53. The zero-order chi connectivity index (χ0) is 11.3. The van der Waals surface area contributed by atoms with Crippen molar-refractivity contribution in [3.05, 3.63) is 11.9 Å². The molecule has 0 saturated carbocycles. The van der Waals surface area contributed by atoms with Gasteiger partial charge in [0.15, 0.2) is 0 Å². The molecule has 0 spiro atoms. The van der Waals surface area contributed by atoms with E-state index >= 15 is 0 Å². The van der Waals surface area contributed by atoms with Crippen LogP contribution in [-0.2, 0) is 0 Å². The second-order valence-corrected chi connectivity index (χ2v) is 3.95. The van der Waals surface area contributed by atoms with E-state index in [1.165, 1.54) is 6.20 Å². The maximum absolute atomic E-state index is 12.2. The molecule has 88 valence electrons. The summed E-state index contributed by atoms with van der Waals surface area (Å²) in [5.41, 5.74) is 0.233. The van der Waals surface area contributed by atoms with Crippen molar-refractivity contribution in [2.75, 3.05) is 6.54 Å². The van der Waals surface area contributed by atoms with Crippen molar-refractivity contribution < 1.29 is 13.2 Å². The van der Waals surface area contributed by atoms with E-state index in [4.69, 9.17) is 0 Å². The third-order valence-corrected chi connectivity index (χ3v) is 2.35. The number of alkyl halides is 3. The molecule has 1 aliphatic heterocycles. The molecular weight excluding hydrogens is 205 g/mol. The van der Waals surface area contributed by atoms with E-state index in [2.05, 4.69) is 10.6 Å². The molecule has 2 nitrogen and oxygen atoms in total. The Kier molecular flexibility index (Phi) is 4.29. The molecule has 0 aromatic heterocycles. The van der Waals surface area contributed by atoms with Crippen molar-refractivity contribution in [3.8, 4) is 0 Å². The van der Waals surface area contributed by atoms with E-state index in [-0.39, 0.29) is 11.7 Å². The summed E-state index contributed by atoms with van der Waals surface area (Å²) in [5.74, 6) is 0. The van der Waals surface area contributed by atoms with E-state index in [1.54, 1.807) is 0 Å². The fourth-order valence-corrected chi connectivity index (χ4v) is 1.53. The third-order valence-electron chi connectivity index (χ3n) is 2.35. The van der Waals surface area contributed by atoms with Crippen LogP contribution < -0.4 is 10.6 Å². The molecule has 0 bridgehead atoms. The minimum atomic E-state index is -4.14. The first-order chi connectivity index (χ1) is 6.97. The SMILES string of the molecule is CC1CCCCN/C(CC(F)(F)F)=C\N1. The van der Waals surface area contributed by atoms with Crippen molar-refractivity contribution in [2.24, 2.45) is 0 Å². The third kappa shape index (κ3) is 5.54. The highest BCUT2D eigenvalue weighted by atomic mass is 19.4. The molecule has 0 amide bonds. The van der Waals surface area contributed by atoms with Crippen LogP contribution in [0.25, 0.3) is 0 Å². The number of halogens is 3. The molecule has 15 heavy (non-hydrogen) atoms. The van der Waals surface area contributed by atoms with Gasteiger partial charge in [-0.2, -0.15) is 13.2 Å². The van der Waals surface area contributed by atoms with Gasteiger partial charge in [-0.25, -0.2) is 0 Å². The smallest absolute Gasteiger partial charge is 0.387 e. The molecule has 0 aromatic carbocycles. The monoisotopic (exact) mass is 222 g/mol. The van der Waals surface area contributed by atoms with Gasteiger partial charge in [0.05, 0.1) is 6.42 Å². The Labute approximate surface area is 87.9 Å². The van der Waals surface area contributed by atoms with Crippen molar-refractivity contribution in [2.45, 2.75) is 44.8 Å². The number of hydrogen-bond acceptors (Lipinski definition) is 2. The molecule has 0 fully saturated rings. The van der Waals surface area contributed by atoms with Crippen LogP contribution >= 0.6 is 0 Å². The van der Waals surface area contributed by atoms with Crippen molar-refractivity contribution in [1.29, 1.82) is 0 Å². The van der Waals surface area contributed by atoms with E-state index < -0.39 is 12.6 Å². The largest absolute Gasteiger partial charge is 0.394 e. The van der Waals surface area contributed by atoms with Gasteiger partial charge in [0.25, 0.3) is 0 Å². The summed E-state index contributed by atoms with van der Waals surface area (Å²) < 4.78 is 36.5. The van der Waals surface area contributed by atoms with Crippen LogP contribution in [0.5, 0.6) is 0 Å². The first-order valence-corrected chi connectivity index (χ1v) is 5.23. The van der Waals surface area contributed by atoms with E-state index in [0.29, 0.717) is 6.54 Å². The van der Waals surface area contributed by atoms with Crippen molar-refractivity contribution in [3.63, 3.8) is 0 Å².